The summed E-state index contributed by atoms with van der Waals surface area (Å²) in [6.07, 6.45) is 1.83. The highest BCUT2D eigenvalue weighted by molar-refractivity contribution is 5.38. The van der Waals surface area contributed by atoms with E-state index >= 15 is 0 Å². The number of anilines is 1. The fourth-order valence-corrected chi connectivity index (χ4v) is 2.82. The van der Waals surface area contributed by atoms with Crippen LogP contribution in [0.25, 0.3) is 4.85 Å². The molecule has 5 heteroatoms. The van der Waals surface area contributed by atoms with Gasteiger partial charge in [0, 0.05) is 45.7 Å². The van der Waals surface area contributed by atoms with Gasteiger partial charge in [0.25, 0.3) is 5.54 Å². The Labute approximate surface area is 127 Å². The molecule has 1 atom stereocenters. The van der Waals surface area contributed by atoms with Gasteiger partial charge in [-0.05, 0) is 12.8 Å². The maximum atomic E-state index is 7.33. The Hall–Kier alpha value is -1.67. The Kier molecular flexibility index (Phi) is 4.48. The lowest BCUT2D eigenvalue weighted by Crippen LogP contribution is -2.54. The van der Waals surface area contributed by atoms with Crippen molar-refractivity contribution in [3.63, 3.8) is 0 Å². The summed E-state index contributed by atoms with van der Waals surface area (Å²) in [6, 6.07) is 0.415. The lowest BCUT2D eigenvalue weighted by Gasteiger charge is -2.38. The second-order valence-electron chi connectivity index (χ2n) is 6.55. The summed E-state index contributed by atoms with van der Waals surface area (Å²) in [6.45, 7) is 20.4. The molecule has 1 fully saturated rings. The molecule has 0 spiro atoms. The van der Waals surface area contributed by atoms with Crippen LogP contribution in [0.5, 0.6) is 0 Å². The molecule has 5 nitrogen and oxygen atoms in total. The van der Waals surface area contributed by atoms with Crippen molar-refractivity contribution < 1.29 is 0 Å². The second-order valence-corrected chi connectivity index (χ2v) is 6.55. The van der Waals surface area contributed by atoms with Crippen LogP contribution < -0.4 is 10.2 Å². The summed E-state index contributed by atoms with van der Waals surface area (Å²) in [7, 11) is 0. The lowest BCUT2D eigenvalue weighted by atomic mass is 9.95. The number of rotatable bonds is 3. The predicted octanol–water partition coefficient (Wildman–Crippen LogP) is 2.37. The highest BCUT2D eigenvalue weighted by Gasteiger charge is 2.31. The zero-order valence-corrected chi connectivity index (χ0v) is 13.6. The van der Waals surface area contributed by atoms with Gasteiger partial charge < -0.3 is 15.1 Å². The van der Waals surface area contributed by atoms with Crippen molar-refractivity contribution >= 4 is 5.95 Å². The Balaban J connectivity index is 2.33. The van der Waals surface area contributed by atoms with Crippen molar-refractivity contribution in [1.82, 2.24) is 15.3 Å². The monoisotopic (exact) mass is 287 g/mol. The lowest BCUT2D eigenvalue weighted by molar-refractivity contribution is 0.385. The molecule has 1 aliphatic heterocycles. The molecule has 2 heterocycles. The highest BCUT2D eigenvalue weighted by Crippen LogP contribution is 2.28. The van der Waals surface area contributed by atoms with Gasteiger partial charge in [-0.15, -0.1) is 0 Å². The van der Waals surface area contributed by atoms with E-state index in [0.717, 1.165) is 36.8 Å². The van der Waals surface area contributed by atoms with E-state index in [1.807, 2.05) is 27.0 Å². The van der Waals surface area contributed by atoms with Gasteiger partial charge in [0.15, 0.2) is 0 Å². The number of nitrogens with zero attached hydrogens (tertiary/aromatic N) is 4. The third kappa shape index (κ3) is 3.16. The summed E-state index contributed by atoms with van der Waals surface area (Å²) in [5, 5.41) is 3.44. The molecule has 0 bridgehead atoms. The van der Waals surface area contributed by atoms with E-state index in [1.165, 1.54) is 0 Å². The molecule has 114 valence electrons. The van der Waals surface area contributed by atoms with E-state index in [-0.39, 0.29) is 0 Å². The maximum absolute atomic E-state index is 7.33. The average Bonchev–Trinajstić information content (AvgIpc) is 2.46. The summed E-state index contributed by atoms with van der Waals surface area (Å²) < 4.78 is 0. The van der Waals surface area contributed by atoms with Crippen molar-refractivity contribution in [2.24, 2.45) is 5.92 Å². The number of nitrogens with one attached hydrogen (secondary N) is 1. The summed E-state index contributed by atoms with van der Waals surface area (Å²) >= 11 is 0. The van der Waals surface area contributed by atoms with Gasteiger partial charge >= 0.3 is 0 Å². The van der Waals surface area contributed by atoms with Crippen LogP contribution in [0.2, 0.25) is 0 Å². The molecule has 2 rings (SSSR count). The summed E-state index contributed by atoms with van der Waals surface area (Å²) in [5.41, 5.74) is 1.25. The second kappa shape index (κ2) is 5.98. The van der Waals surface area contributed by atoms with Gasteiger partial charge in [0.1, 0.15) is 0 Å². The molecule has 1 aromatic heterocycles. The summed E-state index contributed by atoms with van der Waals surface area (Å²) in [4.78, 5) is 15.2. The molecule has 1 aromatic rings. The molecule has 1 N–H and O–H groups in total. The Morgan fingerprint density at radius 3 is 2.76 bits per heavy atom. The zero-order valence-electron chi connectivity index (χ0n) is 13.6. The first-order valence-corrected chi connectivity index (χ1v) is 7.57. The summed E-state index contributed by atoms with van der Waals surface area (Å²) in [5.74, 6) is 1.33. The van der Waals surface area contributed by atoms with Crippen molar-refractivity contribution in [3.8, 4) is 0 Å². The van der Waals surface area contributed by atoms with Crippen LogP contribution in [0.3, 0.4) is 0 Å². The molecule has 1 aliphatic rings. The van der Waals surface area contributed by atoms with Crippen LogP contribution in [-0.4, -0.2) is 35.6 Å². The smallest absolute Gasteiger partial charge is 0.255 e. The minimum atomic E-state index is -0.566. The van der Waals surface area contributed by atoms with E-state index in [0.29, 0.717) is 12.0 Å². The highest BCUT2D eigenvalue weighted by atomic mass is 15.3. The van der Waals surface area contributed by atoms with E-state index in [4.69, 9.17) is 6.57 Å². The number of hydrogen-bond donors (Lipinski definition) is 1. The van der Waals surface area contributed by atoms with E-state index in [9.17, 15) is 0 Å². The van der Waals surface area contributed by atoms with Gasteiger partial charge in [-0.2, -0.15) is 0 Å². The van der Waals surface area contributed by atoms with E-state index < -0.39 is 5.54 Å². The van der Waals surface area contributed by atoms with Crippen molar-refractivity contribution in [2.45, 2.75) is 46.2 Å². The Bertz CT molecular complexity index is 544. The molecule has 1 saturated heterocycles. The molecule has 0 unspecified atom stereocenters. The molecule has 0 aliphatic carbocycles. The fraction of sp³-hybridized carbons (Fsp3) is 0.688. The van der Waals surface area contributed by atoms with Crippen LogP contribution >= 0.6 is 0 Å². The van der Waals surface area contributed by atoms with Gasteiger partial charge in [-0.3, -0.25) is 0 Å². The Morgan fingerprint density at radius 1 is 1.48 bits per heavy atom. The topological polar surface area (TPSA) is 45.4 Å². The van der Waals surface area contributed by atoms with Crippen LogP contribution in [0.1, 0.15) is 39.0 Å². The first kappa shape index (κ1) is 15.7. The quantitative estimate of drug-likeness (QED) is 0.867. The van der Waals surface area contributed by atoms with Gasteiger partial charge in [-0.25, -0.2) is 16.5 Å². The van der Waals surface area contributed by atoms with Gasteiger partial charge in [0.05, 0.1) is 11.3 Å². The Morgan fingerprint density at radius 2 is 2.19 bits per heavy atom. The van der Waals surface area contributed by atoms with Crippen LogP contribution in [-0.2, 0) is 5.54 Å². The number of aromatic nitrogens is 2. The van der Waals surface area contributed by atoms with Crippen LogP contribution in [0, 0.1) is 19.4 Å². The molecule has 0 amide bonds. The van der Waals surface area contributed by atoms with Crippen molar-refractivity contribution in [1.29, 1.82) is 0 Å². The number of piperazine rings is 1. The average molecular weight is 287 g/mol. The minimum absolute atomic E-state index is 0.415. The SMILES string of the molecule is [C-]#[N+]C(C)(C)c1cnc(N2CCNC[C@H]2C(C)C)nc1C. The van der Waals surface area contributed by atoms with E-state index in [1.54, 1.807) is 0 Å². The molecule has 21 heavy (non-hydrogen) atoms. The maximum Gasteiger partial charge on any atom is 0.255 e. The van der Waals surface area contributed by atoms with Crippen LogP contribution in [0.15, 0.2) is 6.20 Å². The first-order chi connectivity index (χ1) is 9.86. The molecule has 0 aromatic carbocycles. The normalized spacial score (nSPS) is 19.7. The molecular weight excluding hydrogens is 262 g/mol. The molecule has 0 radical (unpaired) electrons. The fourth-order valence-electron chi connectivity index (χ4n) is 2.82. The van der Waals surface area contributed by atoms with Gasteiger partial charge in [-0.1, -0.05) is 13.8 Å². The third-order valence-corrected chi connectivity index (χ3v) is 4.21. The zero-order chi connectivity index (χ0) is 15.6. The third-order valence-electron chi connectivity index (χ3n) is 4.21. The number of aryl methyl sites for hydroxylation is 1. The molecule has 0 saturated carbocycles. The standard InChI is InChI=1S/C16H25N5/c1-11(2)14-10-18-7-8-21(14)15-19-9-13(12(3)20-15)16(4,5)17-6/h9,11,14,18H,7-8,10H2,1-5H3/t14-/m0/s1. The van der Waals surface area contributed by atoms with Crippen molar-refractivity contribution in [2.75, 3.05) is 24.5 Å². The minimum Gasteiger partial charge on any atom is -0.335 e. The van der Waals surface area contributed by atoms with Crippen LogP contribution in [0.4, 0.5) is 5.95 Å². The van der Waals surface area contributed by atoms with E-state index in [2.05, 4.69) is 38.9 Å². The largest absolute Gasteiger partial charge is 0.335 e. The number of hydrogen-bond acceptors (Lipinski definition) is 4. The predicted molar refractivity (Wildman–Crippen MR) is 85.2 cm³/mol. The van der Waals surface area contributed by atoms with Gasteiger partial charge in [0.2, 0.25) is 5.95 Å². The molecular formula is C16H25N5. The first-order valence-electron chi connectivity index (χ1n) is 7.57. The van der Waals surface area contributed by atoms with Crippen molar-refractivity contribution in [3.05, 3.63) is 28.9 Å².